The van der Waals surface area contributed by atoms with Gasteiger partial charge in [0.2, 0.25) is 15.9 Å². The first-order valence-corrected chi connectivity index (χ1v) is 9.47. The molecule has 1 aromatic rings. The van der Waals surface area contributed by atoms with E-state index in [-0.39, 0.29) is 21.6 Å². The van der Waals surface area contributed by atoms with Crippen molar-refractivity contribution in [1.29, 1.82) is 0 Å². The average molecular weight is 345 g/mol. The third-order valence-corrected chi connectivity index (χ3v) is 5.48. The second kappa shape index (κ2) is 7.02. The second-order valence-electron chi connectivity index (χ2n) is 6.20. The topological polar surface area (TPSA) is 80.5 Å². The maximum Gasteiger partial charge on any atom is 0.238 e. The zero-order valence-corrected chi connectivity index (χ0v) is 15.3. The van der Waals surface area contributed by atoms with Crippen molar-refractivity contribution in [3.8, 4) is 0 Å². The Labute approximate surface area is 137 Å². The van der Waals surface area contributed by atoms with Crippen LogP contribution in [0.4, 0.5) is 0 Å². The van der Waals surface area contributed by atoms with Crippen molar-refractivity contribution in [3.63, 3.8) is 0 Å². The molecule has 1 atom stereocenters. The lowest BCUT2D eigenvalue weighted by Gasteiger charge is -2.27. The molecule has 124 valence electrons. The van der Waals surface area contributed by atoms with Crippen molar-refractivity contribution >= 4 is 27.7 Å². The summed E-state index contributed by atoms with van der Waals surface area (Å²) in [6, 6.07) is 6.16. The molecule has 0 bridgehead atoms. The van der Waals surface area contributed by atoms with E-state index < -0.39 is 10.0 Å². The standard InChI is InChI=1S/C15H24N2O3S2/c1-11(17(5)14(18)10-21-15(2,3)4)12-6-8-13(9-7-12)22(16,19)20/h6-9,11H,10H2,1-5H3,(H2,16,19,20). The smallest absolute Gasteiger partial charge is 0.238 e. The maximum absolute atomic E-state index is 12.2. The summed E-state index contributed by atoms with van der Waals surface area (Å²) in [4.78, 5) is 14.0. The molecule has 1 amide bonds. The third-order valence-electron chi connectivity index (χ3n) is 3.29. The van der Waals surface area contributed by atoms with Crippen molar-refractivity contribution in [3.05, 3.63) is 29.8 Å². The van der Waals surface area contributed by atoms with Crippen LogP contribution in [0.5, 0.6) is 0 Å². The van der Waals surface area contributed by atoms with Gasteiger partial charge in [-0.2, -0.15) is 0 Å². The van der Waals surface area contributed by atoms with E-state index >= 15 is 0 Å². The molecule has 0 aromatic heterocycles. The Kier molecular flexibility index (Phi) is 6.06. The number of hydrogen-bond acceptors (Lipinski definition) is 4. The fourth-order valence-corrected chi connectivity index (χ4v) is 3.03. The lowest BCUT2D eigenvalue weighted by atomic mass is 10.1. The Hall–Kier alpha value is -1.05. The lowest BCUT2D eigenvalue weighted by Crippen LogP contribution is -2.32. The van der Waals surface area contributed by atoms with Crippen molar-refractivity contribution in [2.45, 2.75) is 43.4 Å². The van der Waals surface area contributed by atoms with E-state index in [1.165, 1.54) is 12.1 Å². The summed E-state index contributed by atoms with van der Waals surface area (Å²) < 4.78 is 22.5. The van der Waals surface area contributed by atoms with Crippen LogP contribution >= 0.6 is 11.8 Å². The molecule has 1 rings (SSSR count). The number of rotatable bonds is 5. The molecule has 2 N–H and O–H groups in total. The highest BCUT2D eigenvalue weighted by Gasteiger charge is 2.20. The van der Waals surface area contributed by atoms with Crippen molar-refractivity contribution in [2.75, 3.05) is 12.8 Å². The summed E-state index contributed by atoms with van der Waals surface area (Å²) in [6.07, 6.45) is 0. The van der Waals surface area contributed by atoms with Crippen LogP contribution in [0.1, 0.15) is 39.3 Å². The number of hydrogen-bond donors (Lipinski definition) is 1. The summed E-state index contributed by atoms with van der Waals surface area (Å²) in [5.41, 5.74) is 0.865. The van der Waals surface area contributed by atoms with Gasteiger partial charge in [0.05, 0.1) is 16.7 Å². The Bertz CT molecular complexity index is 619. The van der Waals surface area contributed by atoms with E-state index in [2.05, 4.69) is 20.8 Å². The van der Waals surface area contributed by atoms with Gasteiger partial charge in [-0.15, -0.1) is 11.8 Å². The van der Waals surface area contributed by atoms with E-state index in [0.29, 0.717) is 5.75 Å². The summed E-state index contributed by atoms with van der Waals surface area (Å²) in [6.45, 7) is 8.12. The van der Waals surface area contributed by atoms with Crippen LogP contribution in [-0.4, -0.2) is 36.8 Å². The molecule has 0 aliphatic carbocycles. The van der Waals surface area contributed by atoms with Gasteiger partial charge in [0.1, 0.15) is 0 Å². The zero-order valence-electron chi connectivity index (χ0n) is 13.7. The molecule has 0 radical (unpaired) electrons. The Morgan fingerprint density at radius 2 is 1.77 bits per heavy atom. The highest BCUT2D eigenvalue weighted by molar-refractivity contribution is 8.01. The van der Waals surface area contributed by atoms with Gasteiger partial charge in [-0.05, 0) is 24.6 Å². The highest BCUT2D eigenvalue weighted by Crippen LogP contribution is 2.25. The van der Waals surface area contributed by atoms with Gasteiger partial charge in [0, 0.05) is 11.8 Å². The first kappa shape index (κ1) is 19.0. The molecule has 0 heterocycles. The van der Waals surface area contributed by atoms with Gasteiger partial charge in [-0.3, -0.25) is 4.79 Å². The van der Waals surface area contributed by atoms with Crippen molar-refractivity contribution in [1.82, 2.24) is 4.90 Å². The van der Waals surface area contributed by atoms with Gasteiger partial charge in [-0.25, -0.2) is 13.6 Å². The number of benzene rings is 1. The fourth-order valence-electron chi connectivity index (χ4n) is 1.76. The van der Waals surface area contributed by atoms with E-state index in [9.17, 15) is 13.2 Å². The molecule has 22 heavy (non-hydrogen) atoms. The van der Waals surface area contributed by atoms with Crippen molar-refractivity contribution < 1.29 is 13.2 Å². The SMILES string of the molecule is CC(c1ccc(S(N)(=O)=O)cc1)N(C)C(=O)CSC(C)(C)C. The Morgan fingerprint density at radius 3 is 2.18 bits per heavy atom. The molecular weight excluding hydrogens is 320 g/mol. The number of sulfonamides is 1. The molecule has 5 nitrogen and oxygen atoms in total. The minimum absolute atomic E-state index is 0.0386. The number of carbonyl (C=O) groups excluding carboxylic acids is 1. The summed E-state index contributed by atoms with van der Waals surface area (Å²) in [7, 11) is -1.94. The van der Waals surface area contributed by atoms with Crippen LogP contribution < -0.4 is 5.14 Å². The molecule has 0 fully saturated rings. The van der Waals surface area contributed by atoms with Gasteiger partial charge < -0.3 is 4.90 Å². The summed E-state index contributed by atoms with van der Waals surface area (Å²) in [5.74, 6) is 0.461. The fraction of sp³-hybridized carbons (Fsp3) is 0.533. The van der Waals surface area contributed by atoms with Gasteiger partial charge in [-0.1, -0.05) is 32.9 Å². The Morgan fingerprint density at radius 1 is 1.27 bits per heavy atom. The monoisotopic (exact) mass is 344 g/mol. The van der Waals surface area contributed by atoms with Crippen LogP contribution in [0, 0.1) is 0 Å². The molecule has 7 heteroatoms. The number of primary sulfonamides is 1. The van der Waals surface area contributed by atoms with E-state index in [0.717, 1.165) is 5.56 Å². The predicted molar refractivity (Wildman–Crippen MR) is 91.2 cm³/mol. The van der Waals surface area contributed by atoms with E-state index in [1.807, 2.05) is 6.92 Å². The predicted octanol–water partition coefficient (Wildman–Crippen LogP) is 2.39. The first-order valence-electron chi connectivity index (χ1n) is 6.94. The molecule has 1 aromatic carbocycles. The highest BCUT2D eigenvalue weighted by atomic mass is 32.2. The number of carbonyl (C=O) groups is 1. The molecule has 0 saturated heterocycles. The number of thioether (sulfide) groups is 1. The van der Waals surface area contributed by atoms with Crippen molar-refractivity contribution in [2.24, 2.45) is 5.14 Å². The van der Waals surface area contributed by atoms with Crippen LogP contribution in [0.15, 0.2) is 29.2 Å². The molecule has 0 saturated carbocycles. The first-order chi connectivity index (χ1) is 9.92. The summed E-state index contributed by atoms with van der Waals surface area (Å²) in [5, 5.41) is 5.08. The minimum Gasteiger partial charge on any atom is -0.338 e. The third kappa shape index (κ3) is 5.62. The van der Waals surface area contributed by atoms with Crippen LogP contribution in [0.2, 0.25) is 0 Å². The van der Waals surface area contributed by atoms with Gasteiger partial charge in [0.25, 0.3) is 0 Å². The molecule has 0 aliphatic heterocycles. The maximum atomic E-state index is 12.2. The van der Waals surface area contributed by atoms with E-state index in [4.69, 9.17) is 5.14 Å². The number of amides is 1. The largest absolute Gasteiger partial charge is 0.338 e. The Balaban J connectivity index is 2.78. The molecule has 0 spiro atoms. The lowest BCUT2D eigenvalue weighted by molar-refractivity contribution is -0.128. The van der Waals surface area contributed by atoms with E-state index in [1.54, 1.807) is 35.8 Å². The van der Waals surface area contributed by atoms with Crippen LogP contribution in [0.25, 0.3) is 0 Å². The zero-order chi connectivity index (χ0) is 17.1. The average Bonchev–Trinajstić information content (AvgIpc) is 2.41. The molecule has 0 aliphatic rings. The van der Waals surface area contributed by atoms with Crippen LogP contribution in [-0.2, 0) is 14.8 Å². The number of nitrogens with two attached hydrogens (primary N) is 1. The number of nitrogens with zero attached hydrogens (tertiary/aromatic N) is 1. The van der Waals surface area contributed by atoms with Gasteiger partial charge >= 0.3 is 0 Å². The molecule has 1 unspecified atom stereocenters. The minimum atomic E-state index is -3.69. The normalized spacial score (nSPS) is 13.7. The second-order valence-corrected chi connectivity index (χ2v) is 9.56. The van der Waals surface area contributed by atoms with Gasteiger partial charge in [0.15, 0.2) is 0 Å². The quantitative estimate of drug-likeness (QED) is 0.889. The summed E-state index contributed by atoms with van der Waals surface area (Å²) >= 11 is 1.60. The van der Waals surface area contributed by atoms with Crippen LogP contribution in [0.3, 0.4) is 0 Å². The molecular formula is C15H24N2O3S2.